The number of urea groups is 1. The van der Waals surface area contributed by atoms with Crippen molar-refractivity contribution in [2.75, 3.05) is 14.2 Å². The fraction of sp³-hybridized carbons (Fsp3) is 0.500. The largest absolute Gasteiger partial charge is 0.496 e. The van der Waals surface area contributed by atoms with E-state index in [2.05, 4.69) is 10.6 Å². The van der Waals surface area contributed by atoms with Crippen molar-refractivity contribution >= 4 is 11.9 Å². The lowest BCUT2D eigenvalue weighted by atomic mass is 10.1. The summed E-state index contributed by atoms with van der Waals surface area (Å²) in [7, 11) is 3.04. The van der Waals surface area contributed by atoms with Gasteiger partial charge in [0.2, 0.25) is 0 Å². The van der Waals surface area contributed by atoms with Crippen molar-refractivity contribution in [3.63, 3.8) is 0 Å². The maximum Gasteiger partial charge on any atom is 0.321 e. The van der Waals surface area contributed by atoms with Gasteiger partial charge in [-0.2, -0.15) is 0 Å². The molecule has 7 heteroatoms. The molecule has 0 unspecified atom stereocenters. The second-order valence-electron chi connectivity index (χ2n) is 6.00. The molecule has 1 atom stereocenters. The van der Waals surface area contributed by atoms with Gasteiger partial charge in [-0.05, 0) is 27.7 Å². The topological polar surface area (TPSA) is 85.9 Å². The van der Waals surface area contributed by atoms with Crippen molar-refractivity contribution < 1.29 is 23.8 Å². The first-order valence-corrected chi connectivity index (χ1v) is 7.17. The van der Waals surface area contributed by atoms with E-state index in [-0.39, 0.29) is 0 Å². The quantitative estimate of drug-likeness (QED) is 0.866. The third-order valence-corrected chi connectivity index (χ3v) is 2.73. The number of hydrogen-bond donors (Lipinski definition) is 2. The first kappa shape index (κ1) is 18.6. The van der Waals surface area contributed by atoms with E-state index >= 15 is 0 Å². The lowest BCUT2D eigenvalue weighted by Crippen LogP contribution is -2.50. The molecule has 23 heavy (non-hydrogen) atoms. The van der Waals surface area contributed by atoms with E-state index in [9.17, 15) is 9.59 Å². The summed E-state index contributed by atoms with van der Waals surface area (Å²) in [6.45, 7) is 7.00. The lowest BCUT2D eigenvalue weighted by molar-refractivity contribution is -0.126. The van der Waals surface area contributed by atoms with Crippen LogP contribution in [0.5, 0.6) is 17.2 Å². The van der Waals surface area contributed by atoms with Gasteiger partial charge in [-0.3, -0.25) is 10.1 Å². The highest BCUT2D eigenvalue weighted by Gasteiger charge is 2.20. The molecule has 1 rings (SSSR count). The Labute approximate surface area is 136 Å². The number of methoxy groups -OCH3 is 2. The van der Waals surface area contributed by atoms with Crippen LogP contribution in [0.15, 0.2) is 18.2 Å². The third-order valence-electron chi connectivity index (χ3n) is 2.73. The Balaban J connectivity index is 2.70. The first-order valence-electron chi connectivity index (χ1n) is 7.17. The molecule has 0 radical (unpaired) electrons. The van der Waals surface area contributed by atoms with Crippen LogP contribution in [-0.2, 0) is 4.79 Å². The number of carbonyl (C=O) groups is 2. The molecule has 1 aromatic carbocycles. The van der Waals surface area contributed by atoms with Gasteiger partial charge in [0.05, 0.1) is 14.2 Å². The molecule has 0 aliphatic rings. The van der Waals surface area contributed by atoms with Gasteiger partial charge in [0.15, 0.2) is 6.10 Å². The Morgan fingerprint density at radius 2 is 1.48 bits per heavy atom. The van der Waals surface area contributed by atoms with Crippen LogP contribution in [0, 0.1) is 0 Å². The highest BCUT2D eigenvalue weighted by molar-refractivity contribution is 5.96. The summed E-state index contributed by atoms with van der Waals surface area (Å²) in [5.74, 6) is 0.934. The maximum atomic E-state index is 12.0. The minimum atomic E-state index is -0.863. The predicted octanol–water partition coefficient (Wildman–Crippen LogP) is 2.10. The monoisotopic (exact) mass is 324 g/mol. The number of hydrogen-bond acceptors (Lipinski definition) is 5. The average Bonchev–Trinajstić information content (AvgIpc) is 2.44. The van der Waals surface area contributed by atoms with Crippen LogP contribution in [0.1, 0.15) is 27.7 Å². The smallest absolute Gasteiger partial charge is 0.321 e. The summed E-state index contributed by atoms with van der Waals surface area (Å²) >= 11 is 0. The molecule has 3 amide bonds. The van der Waals surface area contributed by atoms with Gasteiger partial charge in [-0.15, -0.1) is 0 Å². The number of imide groups is 1. The van der Waals surface area contributed by atoms with Gasteiger partial charge in [0, 0.05) is 23.7 Å². The van der Waals surface area contributed by atoms with E-state index in [0.717, 1.165) is 0 Å². The summed E-state index contributed by atoms with van der Waals surface area (Å²) in [4.78, 5) is 23.7. The standard InChI is InChI=1S/C16H24N2O5/c1-10(14(19)17-15(20)18-16(2,3)4)23-13-8-11(21-5)7-12(9-13)22-6/h7-10H,1-6H3,(H2,17,18,19,20)/t10-/m0/s1. The second kappa shape index (κ2) is 7.71. The van der Waals surface area contributed by atoms with Crippen LogP contribution < -0.4 is 24.8 Å². The zero-order valence-electron chi connectivity index (χ0n) is 14.4. The summed E-state index contributed by atoms with van der Waals surface area (Å²) < 4.78 is 15.8. The van der Waals surface area contributed by atoms with Crippen LogP contribution in [0.2, 0.25) is 0 Å². The van der Waals surface area contributed by atoms with Crippen LogP contribution >= 0.6 is 0 Å². The molecular formula is C16H24N2O5. The highest BCUT2D eigenvalue weighted by atomic mass is 16.5. The first-order chi connectivity index (χ1) is 10.6. The van der Waals surface area contributed by atoms with Gasteiger partial charge in [-0.25, -0.2) is 4.79 Å². The van der Waals surface area contributed by atoms with Gasteiger partial charge >= 0.3 is 6.03 Å². The number of rotatable bonds is 5. The molecule has 2 N–H and O–H groups in total. The minimum Gasteiger partial charge on any atom is -0.496 e. The van der Waals surface area contributed by atoms with E-state index in [4.69, 9.17) is 14.2 Å². The Morgan fingerprint density at radius 1 is 1.00 bits per heavy atom. The molecule has 1 aromatic rings. The van der Waals surface area contributed by atoms with Crippen molar-refractivity contribution in [2.45, 2.75) is 39.3 Å². The van der Waals surface area contributed by atoms with Crippen molar-refractivity contribution in [1.82, 2.24) is 10.6 Å². The summed E-state index contributed by atoms with van der Waals surface area (Å²) in [5.41, 5.74) is -0.436. The fourth-order valence-electron chi connectivity index (χ4n) is 1.69. The predicted molar refractivity (Wildman–Crippen MR) is 86.1 cm³/mol. The average molecular weight is 324 g/mol. The van der Waals surface area contributed by atoms with Crippen LogP contribution in [0.3, 0.4) is 0 Å². The highest BCUT2D eigenvalue weighted by Crippen LogP contribution is 2.28. The molecule has 0 spiro atoms. The fourth-order valence-corrected chi connectivity index (χ4v) is 1.69. The Bertz CT molecular complexity index is 544. The van der Waals surface area contributed by atoms with E-state index in [1.807, 2.05) is 20.8 Å². The Morgan fingerprint density at radius 3 is 1.91 bits per heavy atom. The van der Waals surface area contributed by atoms with Crippen molar-refractivity contribution in [2.24, 2.45) is 0 Å². The number of nitrogens with one attached hydrogen (secondary N) is 2. The van der Waals surface area contributed by atoms with E-state index in [1.165, 1.54) is 14.2 Å². The number of ether oxygens (including phenoxy) is 3. The normalized spacial score (nSPS) is 12.1. The molecule has 7 nitrogen and oxygen atoms in total. The van der Waals surface area contributed by atoms with E-state index in [1.54, 1.807) is 25.1 Å². The zero-order valence-corrected chi connectivity index (χ0v) is 14.4. The Kier molecular flexibility index (Phi) is 6.24. The third kappa shape index (κ3) is 6.46. The van der Waals surface area contributed by atoms with Crippen molar-refractivity contribution in [3.05, 3.63) is 18.2 Å². The molecule has 128 valence electrons. The summed E-state index contributed by atoms with van der Waals surface area (Å²) in [5, 5.41) is 4.88. The van der Waals surface area contributed by atoms with Gasteiger partial charge < -0.3 is 19.5 Å². The van der Waals surface area contributed by atoms with Crippen LogP contribution in [0.25, 0.3) is 0 Å². The molecule has 0 bridgehead atoms. The molecular weight excluding hydrogens is 300 g/mol. The van der Waals surface area contributed by atoms with E-state index in [0.29, 0.717) is 17.2 Å². The molecule has 0 saturated heterocycles. The molecule has 0 aliphatic heterocycles. The number of amides is 3. The van der Waals surface area contributed by atoms with Gasteiger partial charge in [-0.1, -0.05) is 0 Å². The zero-order chi connectivity index (χ0) is 17.6. The molecule has 0 saturated carbocycles. The molecule has 0 fully saturated rings. The number of benzene rings is 1. The Hall–Kier alpha value is -2.44. The van der Waals surface area contributed by atoms with Crippen molar-refractivity contribution in [3.8, 4) is 17.2 Å². The summed E-state index contributed by atoms with van der Waals surface area (Å²) in [6.07, 6.45) is -0.863. The second-order valence-corrected chi connectivity index (χ2v) is 6.00. The minimum absolute atomic E-state index is 0.403. The van der Waals surface area contributed by atoms with Gasteiger partial charge in [0.1, 0.15) is 17.2 Å². The van der Waals surface area contributed by atoms with Gasteiger partial charge in [0.25, 0.3) is 5.91 Å². The molecule has 0 aromatic heterocycles. The maximum absolute atomic E-state index is 12.0. The number of carbonyl (C=O) groups excluding carboxylic acids is 2. The SMILES string of the molecule is COc1cc(OC)cc(O[C@@H](C)C(=O)NC(=O)NC(C)(C)C)c1. The van der Waals surface area contributed by atoms with Crippen molar-refractivity contribution in [1.29, 1.82) is 0 Å². The molecule has 0 aliphatic carbocycles. The van der Waals surface area contributed by atoms with Crippen LogP contribution in [0.4, 0.5) is 4.79 Å². The van der Waals surface area contributed by atoms with Crippen LogP contribution in [-0.4, -0.2) is 37.8 Å². The summed E-state index contributed by atoms with van der Waals surface area (Å²) in [6, 6.07) is 4.37. The van der Waals surface area contributed by atoms with E-state index < -0.39 is 23.6 Å². The molecule has 0 heterocycles. The lowest BCUT2D eigenvalue weighted by Gasteiger charge is -2.21.